The zero-order valence-electron chi connectivity index (χ0n) is 18.5. The number of carboxylic acids is 2. The van der Waals surface area contributed by atoms with E-state index in [-0.39, 0.29) is 18.9 Å². The Morgan fingerprint density at radius 1 is 0.875 bits per heavy atom. The van der Waals surface area contributed by atoms with E-state index in [1.165, 1.54) is 0 Å². The van der Waals surface area contributed by atoms with Gasteiger partial charge < -0.3 is 25.5 Å². The second-order valence-corrected chi connectivity index (χ2v) is 8.26. The SMILES string of the molecule is Cc1ccc(-c2ccc(C[C@H](NC(=O)N(CC(C)C)C[C@H](O)C(=O)O)C(=O)O)cc2)cc1. The highest BCUT2D eigenvalue weighted by Gasteiger charge is 2.27. The highest BCUT2D eigenvalue weighted by Crippen LogP contribution is 2.21. The number of nitrogens with one attached hydrogen (secondary N) is 1. The van der Waals surface area contributed by atoms with Crippen LogP contribution in [0.15, 0.2) is 48.5 Å². The van der Waals surface area contributed by atoms with Gasteiger partial charge in [0.05, 0.1) is 6.54 Å². The van der Waals surface area contributed by atoms with E-state index in [2.05, 4.69) is 5.32 Å². The van der Waals surface area contributed by atoms with Gasteiger partial charge in [0, 0.05) is 13.0 Å². The Morgan fingerprint density at radius 3 is 1.88 bits per heavy atom. The number of aliphatic hydroxyl groups is 1. The van der Waals surface area contributed by atoms with Crippen molar-refractivity contribution >= 4 is 18.0 Å². The summed E-state index contributed by atoms with van der Waals surface area (Å²) in [7, 11) is 0. The van der Waals surface area contributed by atoms with E-state index in [0.717, 1.165) is 27.2 Å². The van der Waals surface area contributed by atoms with E-state index in [1.807, 2.05) is 69.3 Å². The number of aliphatic carboxylic acids is 2. The minimum Gasteiger partial charge on any atom is -0.480 e. The zero-order chi connectivity index (χ0) is 23.8. The van der Waals surface area contributed by atoms with Crippen molar-refractivity contribution in [2.45, 2.75) is 39.3 Å². The van der Waals surface area contributed by atoms with Crippen molar-refractivity contribution in [3.8, 4) is 11.1 Å². The standard InChI is InChI=1S/C24H30N2O6/c1-15(2)13-26(14-21(27)23(30)31)24(32)25-20(22(28)29)12-17-6-10-19(11-7-17)18-8-4-16(3)5-9-18/h4-11,15,20-21,27H,12-14H2,1-3H3,(H,25,32)(H,28,29)(H,30,31)/t20-,21-/m0/s1. The van der Waals surface area contributed by atoms with Crippen LogP contribution < -0.4 is 5.32 Å². The lowest BCUT2D eigenvalue weighted by molar-refractivity contribution is -0.147. The van der Waals surface area contributed by atoms with E-state index in [1.54, 1.807) is 0 Å². The number of urea groups is 1. The number of benzene rings is 2. The molecule has 32 heavy (non-hydrogen) atoms. The highest BCUT2D eigenvalue weighted by atomic mass is 16.4. The predicted octanol–water partition coefficient (Wildman–Crippen LogP) is 2.77. The number of hydrogen-bond donors (Lipinski definition) is 4. The molecule has 2 rings (SSSR count). The molecule has 0 aliphatic heterocycles. The molecule has 0 aliphatic rings. The molecule has 2 aromatic carbocycles. The van der Waals surface area contributed by atoms with Gasteiger partial charge in [-0.3, -0.25) is 0 Å². The van der Waals surface area contributed by atoms with Gasteiger partial charge >= 0.3 is 18.0 Å². The second kappa shape index (κ2) is 11.3. The monoisotopic (exact) mass is 442 g/mol. The number of aliphatic hydroxyl groups excluding tert-OH is 1. The molecule has 0 aliphatic carbocycles. The van der Waals surface area contributed by atoms with Crippen LogP contribution in [0.1, 0.15) is 25.0 Å². The normalized spacial score (nSPS) is 12.8. The Bertz CT molecular complexity index is 925. The lowest BCUT2D eigenvalue weighted by atomic mass is 10.00. The van der Waals surface area contributed by atoms with Crippen LogP contribution in [-0.4, -0.2) is 63.4 Å². The summed E-state index contributed by atoms with van der Waals surface area (Å²) >= 11 is 0. The molecule has 0 fully saturated rings. The van der Waals surface area contributed by atoms with Gasteiger partial charge in [-0.25, -0.2) is 14.4 Å². The Labute approximate surface area is 187 Å². The van der Waals surface area contributed by atoms with Crippen LogP contribution >= 0.6 is 0 Å². The van der Waals surface area contributed by atoms with Gasteiger partial charge in [-0.1, -0.05) is 67.9 Å². The number of aryl methyl sites for hydroxylation is 1. The molecule has 0 unspecified atom stereocenters. The molecule has 0 aromatic heterocycles. The summed E-state index contributed by atoms with van der Waals surface area (Å²) in [5.74, 6) is -2.65. The van der Waals surface area contributed by atoms with Crippen molar-refractivity contribution in [1.82, 2.24) is 10.2 Å². The quantitative estimate of drug-likeness (QED) is 0.448. The molecular weight excluding hydrogens is 412 g/mol. The number of amides is 2. The van der Waals surface area contributed by atoms with Crippen LogP contribution in [0.4, 0.5) is 4.79 Å². The van der Waals surface area contributed by atoms with Crippen molar-refractivity contribution in [2.75, 3.05) is 13.1 Å². The first-order valence-corrected chi connectivity index (χ1v) is 10.4. The molecule has 0 spiro atoms. The molecule has 172 valence electrons. The maximum absolute atomic E-state index is 12.7. The first-order valence-electron chi connectivity index (χ1n) is 10.4. The van der Waals surface area contributed by atoms with Crippen LogP contribution in [-0.2, 0) is 16.0 Å². The van der Waals surface area contributed by atoms with Crippen LogP contribution in [0.25, 0.3) is 11.1 Å². The van der Waals surface area contributed by atoms with Gasteiger partial charge in [-0.05, 0) is 29.5 Å². The Hall–Kier alpha value is -3.39. The van der Waals surface area contributed by atoms with Gasteiger partial charge in [0.2, 0.25) is 0 Å². The number of carbonyl (C=O) groups is 3. The van der Waals surface area contributed by atoms with E-state index in [4.69, 9.17) is 5.11 Å². The van der Waals surface area contributed by atoms with Gasteiger partial charge in [0.1, 0.15) is 6.04 Å². The molecule has 2 atom stereocenters. The Kier molecular flexibility index (Phi) is 8.78. The largest absolute Gasteiger partial charge is 0.480 e. The molecule has 8 heteroatoms. The first-order chi connectivity index (χ1) is 15.1. The zero-order valence-corrected chi connectivity index (χ0v) is 18.5. The summed E-state index contributed by atoms with van der Waals surface area (Å²) in [6.07, 6.45) is -1.69. The molecular formula is C24H30N2O6. The Morgan fingerprint density at radius 2 is 1.41 bits per heavy atom. The number of carboxylic acid groups (broad SMARTS) is 2. The van der Waals surface area contributed by atoms with Crippen molar-refractivity contribution in [3.63, 3.8) is 0 Å². The summed E-state index contributed by atoms with van der Waals surface area (Å²) < 4.78 is 0. The minimum atomic E-state index is -1.75. The average molecular weight is 443 g/mol. The topological polar surface area (TPSA) is 127 Å². The molecule has 0 heterocycles. The van der Waals surface area contributed by atoms with Gasteiger partial charge in [0.25, 0.3) is 0 Å². The van der Waals surface area contributed by atoms with Crippen LogP contribution in [0.5, 0.6) is 0 Å². The molecule has 8 nitrogen and oxygen atoms in total. The lowest BCUT2D eigenvalue weighted by Crippen LogP contribution is -2.52. The summed E-state index contributed by atoms with van der Waals surface area (Å²) in [4.78, 5) is 36.5. The molecule has 2 aromatic rings. The van der Waals surface area contributed by atoms with E-state index in [9.17, 15) is 24.6 Å². The van der Waals surface area contributed by atoms with Crippen molar-refractivity contribution in [3.05, 3.63) is 59.7 Å². The van der Waals surface area contributed by atoms with Gasteiger partial charge in [-0.2, -0.15) is 0 Å². The number of carbonyl (C=O) groups excluding carboxylic acids is 1. The van der Waals surface area contributed by atoms with E-state index >= 15 is 0 Å². The maximum Gasteiger partial charge on any atom is 0.334 e. The molecule has 0 saturated heterocycles. The van der Waals surface area contributed by atoms with E-state index < -0.39 is 36.7 Å². The number of nitrogens with zero attached hydrogens (tertiary/aromatic N) is 1. The van der Waals surface area contributed by atoms with Crippen LogP contribution in [0, 0.1) is 12.8 Å². The summed E-state index contributed by atoms with van der Waals surface area (Å²) in [5.41, 5.74) is 3.93. The van der Waals surface area contributed by atoms with E-state index in [0.29, 0.717) is 0 Å². The third kappa shape index (κ3) is 7.39. The molecule has 4 N–H and O–H groups in total. The van der Waals surface area contributed by atoms with Crippen LogP contribution in [0.2, 0.25) is 0 Å². The van der Waals surface area contributed by atoms with Crippen molar-refractivity contribution in [2.24, 2.45) is 5.92 Å². The van der Waals surface area contributed by atoms with Gasteiger partial charge in [-0.15, -0.1) is 0 Å². The van der Waals surface area contributed by atoms with Crippen molar-refractivity contribution in [1.29, 1.82) is 0 Å². The average Bonchev–Trinajstić information content (AvgIpc) is 2.73. The fourth-order valence-corrected chi connectivity index (χ4v) is 3.22. The second-order valence-electron chi connectivity index (χ2n) is 8.26. The third-order valence-corrected chi connectivity index (χ3v) is 4.93. The predicted molar refractivity (Wildman–Crippen MR) is 120 cm³/mol. The summed E-state index contributed by atoms with van der Waals surface area (Å²) in [6, 6.07) is 13.6. The number of rotatable bonds is 10. The fourth-order valence-electron chi connectivity index (χ4n) is 3.22. The molecule has 0 saturated carbocycles. The number of hydrogen-bond acceptors (Lipinski definition) is 4. The fraction of sp³-hybridized carbons (Fsp3) is 0.375. The molecule has 0 bridgehead atoms. The lowest BCUT2D eigenvalue weighted by Gasteiger charge is -2.27. The Balaban J connectivity index is 2.10. The molecule has 2 amide bonds. The maximum atomic E-state index is 12.7. The van der Waals surface area contributed by atoms with Crippen molar-refractivity contribution < 1.29 is 29.7 Å². The third-order valence-electron chi connectivity index (χ3n) is 4.93. The smallest absolute Gasteiger partial charge is 0.334 e. The highest BCUT2D eigenvalue weighted by molar-refractivity contribution is 5.83. The summed E-state index contributed by atoms with van der Waals surface area (Å²) in [6.45, 7) is 5.41. The first kappa shape index (κ1) is 24.9. The molecule has 0 radical (unpaired) electrons. The van der Waals surface area contributed by atoms with Gasteiger partial charge in [0.15, 0.2) is 6.10 Å². The summed E-state index contributed by atoms with van der Waals surface area (Å²) in [5, 5.41) is 30.6. The van der Waals surface area contributed by atoms with Crippen LogP contribution in [0.3, 0.4) is 0 Å². The minimum absolute atomic E-state index is 0.000610.